The van der Waals surface area contributed by atoms with E-state index in [1.54, 1.807) is 6.07 Å². The second kappa shape index (κ2) is 6.95. The maximum absolute atomic E-state index is 14.6. The van der Waals surface area contributed by atoms with Crippen molar-refractivity contribution in [1.82, 2.24) is 14.5 Å². The number of halogens is 1. The molecule has 0 bridgehead atoms. The van der Waals surface area contributed by atoms with Crippen molar-refractivity contribution in [2.24, 2.45) is 0 Å². The summed E-state index contributed by atoms with van der Waals surface area (Å²) in [5.41, 5.74) is 8.27. The average molecular weight is 396 g/mol. The Morgan fingerprint density at radius 3 is 2.93 bits per heavy atom. The molecule has 2 N–H and O–H groups in total. The zero-order chi connectivity index (χ0) is 20.0. The Kier molecular flexibility index (Phi) is 4.26. The second-order valence-electron chi connectivity index (χ2n) is 7.14. The monoisotopic (exact) mass is 396 g/mol. The van der Waals surface area contributed by atoms with Crippen LogP contribution in [0.4, 0.5) is 10.4 Å². The number of rotatable bonds is 4. The summed E-state index contributed by atoms with van der Waals surface area (Å²) in [5.74, 6) is 1.59. The summed E-state index contributed by atoms with van der Waals surface area (Å²) in [6, 6.07) is 6.91. The molecule has 150 valence electrons. The Balaban J connectivity index is 1.72. The van der Waals surface area contributed by atoms with E-state index in [4.69, 9.17) is 24.6 Å². The Morgan fingerprint density at radius 2 is 2.07 bits per heavy atom. The number of nitrogens with two attached hydrogens (primary N) is 1. The highest BCUT2D eigenvalue weighted by atomic mass is 19.1. The van der Waals surface area contributed by atoms with Crippen LogP contribution in [0, 0.1) is 5.82 Å². The van der Waals surface area contributed by atoms with Crippen LogP contribution in [0.1, 0.15) is 26.2 Å². The SMILES string of the molecule is CCCOc1cc2c3c(c1)nc(-c1cc(F)c4oc(N)nc4c1)n3CCCCO2. The molecular weight excluding hydrogens is 375 g/mol. The highest BCUT2D eigenvalue weighted by Gasteiger charge is 2.21. The molecule has 0 aliphatic carbocycles. The summed E-state index contributed by atoms with van der Waals surface area (Å²) in [6.07, 6.45) is 2.77. The van der Waals surface area contributed by atoms with Gasteiger partial charge in [-0.05, 0) is 31.4 Å². The maximum Gasteiger partial charge on any atom is 0.293 e. The Morgan fingerprint density at radius 1 is 1.17 bits per heavy atom. The molecule has 0 spiro atoms. The van der Waals surface area contributed by atoms with E-state index >= 15 is 0 Å². The van der Waals surface area contributed by atoms with Gasteiger partial charge in [0.15, 0.2) is 11.4 Å². The van der Waals surface area contributed by atoms with Crippen LogP contribution in [-0.2, 0) is 6.54 Å². The topological polar surface area (TPSA) is 88.3 Å². The largest absolute Gasteiger partial charge is 0.493 e. The van der Waals surface area contributed by atoms with Gasteiger partial charge >= 0.3 is 0 Å². The number of imidazole rings is 1. The van der Waals surface area contributed by atoms with Crippen molar-refractivity contribution in [2.45, 2.75) is 32.7 Å². The molecule has 7 nitrogen and oxygen atoms in total. The summed E-state index contributed by atoms with van der Waals surface area (Å²) in [7, 11) is 0. The minimum Gasteiger partial charge on any atom is -0.493 e. The molecule has 0 unspecified atom stereocenters. The number of anilines is 1. The number of nitrogens with zero attached hydrogens (tertiary/aromatic N) is 3. The number of nitrogen functional groups attached to an aromatic ring is 1. The van der Waals surface area contributed by atoms with Crippen LogP contribution in [-0.4, -0.2) is 27.7 Å². The fourth-order valence-electron chi connectivity index (χ4n) is 3.75. The van der Waals surface area contributed by atoms with Gasteiger partial charge in [0.05, 0.1) is 18.7 Å². The summed E-state index contributed by atoms with van der Waals surface area (Å²) in [6.45, 7) is 4.08. The van der Waals surface area contributed by atoms with Gasteiger partial charge < -0.3 is 24.2 Å². The van der Waals surface area contributed by atoms with Gasteiger partial charge in [0.25, 0.3) is 6.01 Å². The first kappa shape index (κ1) is 17.8. The number of ether oxygens (including phenoxy) is 2. The van der Waals surface area contributed by atoms with Gasteiger partial charge in [0.2, 0.25) is 0 Å². The molecule has 1 aliphatic heterocycles. The molecule has 0 amide bonds. The van der Waals surface area contributed by atoms with Crippen LogP contribution < -0.4 is 15.2 Å². The van der Waals surface area contributed by atoms with E-state index in [-0.39, 0.29) is 11.6 Å². The number of oxazole rings is 1. The molecule has 4 aromatic rings. The third-order valence-corrected chi connectivity index (χ3v) is 5.01. The average Bonchev–Trinajstić information content (AvgIpc) is 3.24. The van der Waals surface area contributed by atoms with E-state index in [2.05, 4.69) is 16.5 Å². The fraction of sp³-hybridized carbons (Fsp3) is 0.333. The van der Waals surface area contributed by atoms with E-state index in [1.165, 1.54) is 6.07 Å². The van der Waals surface area contributed by atoms with Gasteiger partial charge in [-0.15, -0.1) is 0 Å². The van der Waals surface area contributed by atoms with Gasteiger partial charge in [-0.3, -0.25) is 0 Å². The summed E-state index contributed by atoms with van der Waals surface area (Å²) in [4.78, 5) is 8.88. The third kappa shape index (κ3) is 3.04. The first-order valence-electron chi connectivity index (χ1n) is 9.80. The van der Waals surface area contributed by atoms with Crippen molar-refractivity contribution in [3.8, 4) is 22.9 Å². The minimum absolute atomic E-state index is 0.0503. The predicted molar refractivity (Wildman–Crippen MR) is 108 cm³/mol. The van der Waals surface area contributed by atoms with Crippen molar-refractivity contribution in [1.29, 1.82) is 0 Å². The number of aromatic nitrogens is 3. The molecule has 3 heterocycles. The molecule has 5 rings (SSSR count). The Labute approximate surface area is 166 Å². The molecular formula is C21H21FN4O3. The molecule has 1 aliphatic rings. The smallest absolute Gasteiger partial charge is 0.293 e. The lowest BCUT2D eigenvalue weighted by atomic mass is 10.1. The van der Waals surface area contributed by atoms with Crippen LogP contribution in [0.5, 0.6) is 11.5 Å². The van der Waals surface area contributed by atoms with Crippen molar-refractivity contribution in [2.75, 3.05) is 18.9 Å². The second-order valence-corrected chi connectivity index (χ2v) is 7.14. The molecule has 8 heteroatoms. The molecule has 2 aromatic carbocycles. The molecule has 0 fully saturated rings. The number of fused-ring (bicyclic) bond motifs is 1. The fourth-order valence-corrected chi connectivity index (χ4v) is 3.75. The highest BCUT2D eigenvalue weighted by molar-refractivity contribution is 5.89. The van der Waals surface area contributed by atoms with Crippen LogP contribution in [0.25, 0.3) is 33.5 Å². The van der Waals surface area contributed by atoms with E-state index in [9.17, 15) is 4.39 Å². The Hall–Kier alpha value is -3.29. The Bertz CT molecular complexity index is 1210. The lowest BCUT2D eigenvalue weighted by molar-refractivity contribution is 0.291. The number of benzene rings is 2. The minimum atomic E-state index is -0.518. The summed E-state index contributed by atoms with van der Waals surface area (Å²) in [5, 5.41) is 0. The number of aryl methyl sites for hydroxylation is 1. The molecule has 29 heavy (non-hydrogen) atoms. The van der Waals surface area contributed by atoms with Crippen LogP contribution in [0.15, 0.2) is 28.7 Å². The number of hydrogen-bond acceptors (Lipinski definition) is 6. The molecule has 0 saturated heterocycles. The summed E-state index contributed by atoms with van der Waals surface area (Å²) < 4.78 is 33.7. The van der Waals surface area contributed by atoms with Crippen LogP contribution >= 0.6 is 0 Å². The molecule has 0 atom stereocenters. The van der Waals surface area contributed by atoms with Gasteiger partial charge in [0, 0.05) is 24.2 Å². The van der Waals surface area contributed by atoms with Gasteiger partial charge in [-0.25, -0.2) is 9.37 Å². The van der Waals surface area contributed by atoms with E-state index in [1.807, 2.05) is 12.1 Å². The lowest BCUT2D eigenvalue weighted by Crippen LogP contribution is -2.09. The maximum atomic E-state index is 14.6. The van der Waals surface area contributed by atoms with Gasteiger partial charge in [-0.2, -0.15) is 4.98 Å². The molecule has 2 aromatic heterocycles. The van der Waals surface area contributed by atoms with E-state index in [0.29, 0.717) is 30.1 Å². The molecule has 0 saturated carbocycles. The first-order chi connectivity index (χ1) is 14.1. The van der Waals surface area contributed by atoms with Crippen LogP contribution in [0.2, 0.25) is 0 Å². The predicted octanol–water partition coefficient (Wildman–Crippen LogP) is 4.53. The zero-order valence-corrected chi connectivity index (χ0v) is 16.1. The van der Waals surface area contributed by atoms with E-state index < -0.39 is 5.82 Å². The standard InChI is InChI=1S/C21H21FN4O3/c1-2-6-27-13-10-15-18-17(11-13)28-7-4-3-5-26(18)20(24-15)12-8-14(22)19-16(9-12)25-21(23)29-19/h8-11H,2-7H2,1H3,(H2,23,25). The van der Waals surface area contributed by atoms with Crippen molar-refractivity contribution < 1.29 is 18.3 Å². The van der Waals surface area contributed by atoms with Crippen molar-refractivity contribution >= 4 is 28.1 Å². The van der Waals surface area contributed by atoms with Gasteiger partial charge in [0.1, 0.15) is 28.4 Å². The number of hydrogen-bond donors (Lipinski definition) is 1. The van der Waals surface area contributed by atoms with Gasteiger partial charge in [-0.1, -0.05) is 6.92 Å². The van der Waals surface area contributed by atoms with E-state index in [0.717, 1.165) is 48.3 Å². The van der Waals surface area contributed by atoms with Crippen LogP contribution in [0.3, 0.4) is 0 Å². The first-order valence-corrected chi connectivity index (χ1v) is 9.80. The third-order valence-electron chi connectivity index (χ3n) is 5.01. The quantitative estimate of drug-likeness (QED) is 0.545. The summed E-state index contributed by atoms with van der Waals surface area (Å²) >= 11 is 0. The zero-order valence-electron chi connectivity index (χ0n) is 16.1. The highest BCUT2D eigenvalue weighted by Crippen LogP contribution is 2.37. The lowest BCUT2D eigenvalue weighted by Gasteiger charge is -2.17. The van der Waals surface area contributed by atoms with Crippen molar-refractivity contribution in [3.63, 3.8) is 0 Å². The normalized spacial score (nSPS) is 14.0. The van der Waals surface area contributed by atoms with Crippen molar-refractivity contribution in [3.05, 3.63) is 30.1 Å². The molecule has 0 radical (unpaired) electrons.